The van der Waals surface area contributed by atoms with Gasteiger partial charge >= 0.3 is 0 Å². The second-order valence-corrected chi connectivity index (χ2v) is 12.6. The third-order valence-electron chi connectivity index (χ3n) is 7.02. The second kappa shape index (κ2) is 15.6. The molecule has 10 heteroatoms. The minimum absolute atomic E-state index is 0.0314. The maximum atomic E-state index is 13.9. The van der Waals surface area contributed by atoms with Gasteiger partial charge in [0.2, 0.25) is 21.8 Å². The number of hydrogen-bond acceptors (Lipinski definition) is 5. The molecule has 3 rings (SSSR count). The Hall–Kier alpha value is -3.56. The van der Waals surface area contributed by atoms with Crippen molar-refractivity contribution in [2.45, 2.75) is 58.2 Å². The van der Waals surface area contributed by atoms with Gasteiger partial charge in [0.25, 0.3) is 0 Å². The Bertz CT molecular complexity index is 1430. The number of benzene rings is 3. The number of halogens is 1. The topological polar surface area (TPSA) is 96.0 Å². The number of carbonyl (C=O) groups excluding carboxylic acids is 2. The molecule has 0 aliphatic carbocycles. The van der Waals surface area contributed by atoms with E-state index in [0.29, 0.717) is 22.9 Å². The van der Waals surface area contributed by atoms with Crippen LogP contribution in [0.5, 0.6) is 5.75 Å². The Kier molecular flexibility index (Phi) is 12.2. The van der Waals surface area contributed by atoms with Gasteiger partial charge in [0.05, 0.1) is 19.1 Å². The summed E-state index contributed by atoms with van der Waals surface area (Å²) in [5.41, 5.74) is 2.11. The fraction of sp³-hybridized carbons (Fsp3) is 0.375. The fourth-order valence-corrected chi connectivity index (χ4v) is 5.83. The highest BCUT2D eigenvalue weighted by Gasteiger charge is 2.31. The summed E-state index contributed by atoms with van der Waals surface area (Å²) in [6.07, 6.45) is 2.47. The first-order valence-electron chi connectivity index (χ1n) is 14.0. The molecule has 0 bridgehead atoms. The van der Waals surface area contributed by atoms with Crippen molar-refractivity contribution in [3.05, 3.63) is 95.0 Å². The molecule has 0 aliphatic rings. The van der Waals surface area contributed by atoms with Crippen LogP contribution in [0.4, 0.5) is 5.69 Å². The Labute approximate surface area is 254 Å². The molecule has 2 amide bonds. The Morgan fingerprint density at radius 3 is 2.29 bits per heavy atom. The molecule has 1 N–H and O–H groups in total. The van der Waals surface area contributed by atoms with Crippen LogP contribution < -0.4 is 14.4 Å². The van der Waals surface area contributed by atoms with E-state index in [-0.39, 0.29) is 43.8 Å². The number of rotatable bonds is 15. The number of carbonyl (C=O) groups is 2. The summed E-state index contributed by atoms with van der Waals surface area (Å²) in [6.45, 7) is 4.16. The molecule has 0 aliphatic heterocycles. The number of ether oxygens (including phenoxy) is 1. The van der Waals surface area contributed by atoms with Crippen molar-refractivity contribution in [3.63, 3.8) is 0 Å². The summed E-state index contributed by atoms with van der Waals surface area (Å²) in [7, 11) is -2.18. The SMILES string of the molecule is CC[C@@H](C)NC(=O)[C@@H](Cc1ccccc1)N(Cc1cccc(Cl)c1)C(=O)CCCN(c1ccccc1OC)S(C)(=O)=O. The first-order chi connectivity index (χ1) is 20.0. The summed E-state index contributed by atoms with van der Waals surface area (Å²) < 4.78 is 32.1. The molecule has 226 valence electrons. The van der Waals surface area contributed by atoms with Crippen molar-refractivity contribution in [1.29, 1.82) is 0 Å². The van der Waals surface area contributed by atoms with Gasteiger partial charge < -0.3 is 15.0 Å². The fourth-order valence-electron chi connectivity index (χ4n) is 4.65. The van der Waals surface area contributed by atoms with Crippen LogP contribution in [0.3, 0.4) is 0 Å². The number of hydrogen-bond donors (Lipinski definition) is 1. The first-order valence-corrected chi connectivity index (χ1v) is 16.2. The van der Waals surface area contributed by atoms with Crippen molar-refractivity contribution in [2.24, 2.45) is 0 Å². The van der Waals surface area contributed by atoms with E-state index in [9.17, 15) is 18.0 Å². The van der Waals surface area contributed by atoms with Crippen molar-refractivity contribution in [1.82, 2.24) is 10.2 Å². The smallest absolute Gasteiger partial charge is 0.243 e. The van der Waals surface area contributed by atoms with Crippen LogP contribution in [0.15, 0.2) is 78.9 Å². The average molecular weight is 614 g/mol. The van der Waals surface area contributed by atoms with Gasteiger partial charge in [-0.15, -0.1) is 0 Å². The molecule has 0 aromatic heterocycles. The number of sulfonamides is 1. The predicted molar refractivity (Wildman–Crippen MR) is 168 cm³/mol. The van der Waals surface area contributed by atoms with Gasteiger partial charge in [-0.25, -0.2) is 8.42 Å². The summed E-state index contributed by atoms with van der Waals surface area (Å²) >= 11 is 6.26. The molecular formula is C32H40ClN3O5S. The highest BCUT2D eigenvalue weighted by molar-refractivity contribution is 7.92. The molecule has 0 fully saturated rings. The summed E-state index contributed by atoms with van der Waals surface area (Å²) in [6, 6.07) is 22.8. The number of nitrogens with one attached hydrogen (secondary N) is 1. The van der Waals surface area contributed by atoms with Gasteiger partial charge in [-0.3, -0.25) is 13.9 Å². The van der Waals surface area contributed by atoms with Crippen LogP contribution in [0.2, 0.25) is 5.02 Å². The van der Waals surface area contributed by atoms with Crippen molar-refractivity contribution < 1.29 is 22.7 Å². The van der Waals surface area contributed by atoms with E-state index in [1.807, 2.05) is 56.3 Å². The molecule has 0 saturated heterocycles. The van der Waals surface area contributed by atoms with Gasteiger partial charge in [0, 0.05) is 37.0 Å². The van der Waals surface area contributed by atoms with E-state index in [1.54, 1.807) is 41.3 Å². The molecule has 0 heterocycles. The summed E-state index contributed by atoms with van der Waals surface area (Å²) in [5, 5.41) is 3.58. The number of para-hydroxylation sites is 2. The number of nitrogens with zero attached hydrogens (tertiary/aromatic N) is 2. The minimum atomic E-state index is -3.66. The van der Waals surface area contributed by atoms with Crippen LogP contribution in [-0.4, -0.2) is 57.1 Å². The molecule has 0 unspecified atom stereocenters. The zero-order valence-electron chi connectivity index (χ0n) is 24.6. The standard InChI is InChI=1S/C32H40ClN3O5S/c1-5-24(2)34-32(38)29(22-25-13-7-6-8-14-25)35(23-26-15-11-16-27(33)21-26)31(37)19-12-20-36(42(4,39)40)28-17-9-10-18-30(28)41-3/h6-11,13-18,21,24,29H,5,12,19-20,22-23H2,1-4H3,(H,34,38)/t24-,29-/m1/s1. The summed E-state index contributed by atoms with van der Waals surface area (Å²) in [5.74, 6) is -0.0828. The predicted octanol–water partition coefficient (Wildman–Crippen LogP) is 5.45. The molecule has 0 spiro atoms. The maximum Gasteiger partial charge on any atom is 0.243 e. The Balaban J connectivity index is 1.91. The van der Waals surface area contributed by atoms with E-state index >= 15 is 0 Å². The van der Waals surface area contributed by atoms with E-state index in [4.69, 9.17) is 16.3 Å². The van der Waals surface area contributed by atoms with Crippen LogP contribution in [0, 0.1) is 0 Å². The molecule has 0 radical (unpaired) electrons. The van der Waals surface area contributed by atoms with Gasteiger partial charge in [-0.1, -0.05) is 73.1 Å². The van der Waals surface area contributed by atoms with Gasteiger partial charge in [-0.2, -0.15) is 0 Å². The monoisotopic (exact) mass is 613 g/mol. The second-order valence-electron chi connectivity index (χ2n) is 10.3. The number of anilines is 1. The number of amides is 2. The van der Waals surface area contributed by atoms with Crippen LogP contribution in [0.1, 0.15) is 44.2 Å². The highest BCUT2D eigenvalue weighted by Crippen LogP contribution is 2.30. The third-order valence-corrected chi connectivity index (χ3v) is 8.44. The van der Waals surface area contributed by atoms with E-state index in [1.165, 1.54) is 11.4 Å². The molecule has 8 nitrogen and oxygen atoms in total. The lowest BCUT2D eigenvalue weighted by Gasteiger charge is -2.33. The minimum Gasteiger partial charge on any atom is -0.495 e. The van der Waals surface area contributed by atoms with Crippen molar-refractivity contribution in [2.75, 3.05) is 24.2 Å². The van der Waals surface area contributed by atoms with E-state index in [0.717, 1.165) is 23.8 Å². The zero-order chi connectivity index (χ0) is 30.7. The molecule has 3 aromatic carbocycles. The number of methoxy groups -OCH3 is 1. The average Bonchev–Trinajstić information content (AvgIpc) is 2.96. The van der Waals surface area contributed by atoms with Gasteiger partial charge in [-0.05, 0) is 55.2 Å². The molecule has 42 heavy (non-hydrogen) atoms. The van der Waals surface area contributed by atoms with E-state index < -0.39 is 16.1 Å². The lowest BCUT2D eigenvalue weighted by molar-refractivity contribution is -0.141. The first kappa shape index (κ1) is 32.9. The Morgan fingerprint density at radius 2 is 1.64 bits per heavy atom. The quantitative estimate of drug-likeness (QED) is 0.246. The molecular weight excluding hydrogens is 574 g/mol. The lowest BCUT2D eigenvalue weighted by atomic mass is 10.0. The van der Waals surface area contributed by atoms with E-state index in [2.05, 4.69) is 5.32 Å². The third kappa shape index (κ3) is 9.49. The molecule has 2 atom stereocenters. The maximum absolute atomic E-state index is 13.9. The van der Waals surface area contributed by atoms with Crippen LogP contribution >= 0.6 is 11.6 Å². The van der Waals surface area contributed by atoms with Gasteiger partial charge in [0.15, 0.2) is 0 Å². The van der Waals surface area contributed by atoms with Crippen molar-refractivity contribution in [3.8, 4) is 5.75 Å². The molecule has 0 saturated carbocycles. The highest BCUT2D eigenvalue weighted by atomic mass is 35.5. The molecule has 3 aromatic rings. The van der Waals surface area contributed by atoms with Crippen LogP contribution in [0.25, 0.3) is 0 Å². The largest absolute Gasteiger partial charge is 0.495 e. The normalized spacial score (nSPS) is 12.7. The van der Waals surface area contributed by atoms with Crippen molar-refractivity contribution >= 4 is 39.1 Å². The lowest BCUT2D eigenvalue weighted by Crippen LogP contribution is -2.52. The summed E-state index contributed by atoms with van der Waals surface area (Å²) in [4.78, 5) is 29.2. The zero-order valence-corrected chi connectivity index (χ0v) is 26.2. The van der Waals surface area contributed by atoms with Crippen LogP contribution in [-0.2, 0) is 32.6 Å². The van der Waals surface area contributed by atoms with Gasteiger partial charge in [0.1, 0.15) is 11.8 Å². The Morgan fingerprint density at radius 1 is 0.976 bits per heavy atom.